The van der Waals surface area contributed by atoms with Crippen molar-refractivity contribution >= 4 is 17.1 Å². The second kappa shape index (κ2) is 6.63. The first-order valence-electron chi connectivity index (χ1n) is 8.04. The molecule has 0 N–H and O–H groups in total. The number of hydrogen-bond donors (Lipinski definition) is 0. The fraction of sp³-hybridized carbons (Fsp3) is 0.529. The van der Waals surface area contributed by atoms with E-state index in [1.165, 1.54) is 24.2 Å². The lowest BCUT2D eigenvalue weighted by atomic mass is 10.0. The number of carbonyl (C=O) groups is 1. The van der Waals surface area contributed by atoms with E-state index < -0.39 is 5.92 Å². The smallest absolute Gasteiger partial charge is 0.204 e. The lowest BCUT2D eigenvalue weighted by Crippen LogP contribution is -2.19. The summed E-state index contributed by atoms with van der Waals surface area (Å²) in [5, 5.41) is 16.4. The molecule has 0 spiro atoms. The van der Waals surface area contributed by atoms with Crippen molar-refractivity contribution in [2.45, 2.75) is 57.4 Å². The lowest BCUT2D eigenvalue weighted by Gasteiger charge is -2.14. The molecule has 1 saturated carbocycles. The Morgan fingerprint density at radius 1 is 1.43 bits per heavy atom. The molecular formula is C17H20N4OS. The zero-order valence-corrected chi connectivity index (χ0v) is 14.2. The molecule has 2 heterocycles. The number of ketones is 1. The van der Waals surface area contributed by atoms with Gasteiger partial charge in [0, 0.05) is 11.6 Å². The highest BCUT2D eigenvalue weighted by atomic mass is 32.1. The highest BCUT2D eigenvalue weighted by Gasteiger charge is 2.30. The summed E-state index contributed by atoms with van der Waals surface area (Å²) in [7, 11) is 0. The van der Waals surface area contributed by atoms with E-state index in [1.807, 2.05) is 10.1 Å². The highest BCUT2D eigenvalue weighted by Crippen LogP contribution is 2.32. The van der Waals surface area contributed by atoms with Crippen molar-refractivity contribution in [2.24, 2.45) is 0 Å². The molecule has 1 fully saturated rings. The Kier molecular flexibility index (Phi) is 4.58. The number of rotatable bonds is 5. The van der Waals surface area contributed by atoms with E-state index in [4.69, 9.17) is 0 Å². The molecule has 5 nitrogen and oxygen atoms in total. The molecule has 1 unspecified atom stereocenters. The largest absolute Gasteiger partial charge is 0.290 e. The summed E-state index contributed by atoms with van der Waals surface area (Å²) in [6.45, 7) is 4.11. The van der Waals surface area contributed by atoms with Gasteiger partial charge in [-0.1, -0.05) is 26.7 Å². The van der Waals surface area contributed by atoms with Gasteiger partial charge in [-0.25, -0.2) is 4.98 Å². The number of hydrogen-bond acceptors (Lipinski definition) is 5. The van der Waals surface area contributed by atoms with Gasteiger partial charge in [0.2, 0.25) is 5.78 Å². The van der Waals surface area contributed by atoms with Crippen LogP contribution in [0.25, 0.3) is 0 Å². The summed E-state index contributed by atoms with van der Waals surface area (Å²) in [6.07, 6.45) is 6.09. The zero-order chi connectivity index (χ0) is 16.4. The average molecular weight is 328 g/mol. The van der Waals surface area contributed by atoms with Crippen molar-refractivity contribution in [1.29, 1.82) is 5.26 Å². The monoisotopic (exact) mass is 328 g/mol. The Bertz CT molecular complexity index is 734. The van der Waals surface area contributed by atoms with Gasteiger partial charge in [0.25, 0.3) is 0 Å². The number of thiazole rings is 1. The Morgan fingerprint density at radius 3 is 2.78 bits per heavy atom. The van der Waals surface area contributed by atoms with Crippen molar-refractivity contribution in [3.8, 4) is 6.07 Å². The van der Waals surface area contributed by atoms with Gasteiger partial charge in [-0.3, -0.25) is 9.48 Å². The fourth-order valence-electron chi connectivity index (χ4n) is 3.02. The molecule has 1 aliphatic rings. The summed E-state index contributed by atoms with van der Waals surface area (Å²) < 4.78 is 1.82. The van der Waals surface area contributed by atoms with E-state index in [2.05, 4.69) is 30.0 Å². The van der Waals surface area contributed by atoms with Crippen molar-refractivity contribution in [3.05, 3.63) is 34.0 Å². The van der Waals surface area contributed by atoms with Crippen LogP contribution < -0.4 is 0 Å². The van der Waals surface area contributed by atoms with Crippen LogP contribution >= 0.6 is 11.3 Å². The molecule has 0 bridgehead atoms. The minimum absolute atomic E-state index is 0.193. The van der Waals surface area contributed by atoms with Gasteiger partial charge >= 0.3 is 0 Å². The van der Waals surface area contributed by atoms with Gasteiger partial charge in [-0.2, -0.15) is 10.4 Å². The van der Waals surface area contributed by atoms with Crippen molar-refractivity contribution in [2.75, 3.05) is 0 Å². The van der Waals surface area contributed by atoms with Crippen LogP contribution in [0.15, 0.2) is 17.6 Å². The molecule has 0 saturated heterocycles. The average Bonchev–Trinajstić information content (AvgIpc) is 3.27. The van der Waals surface area contributed by atoms with Crippen molar-refractivity contribution in [3.63, 3.8) is 0 Å². The van der Waals surface area contributed by atoms with Crippen LogP contribution in [-0.2, 0) is 0 Å². The molecule has 6 heteroatoms. The maximum Gasteiger partial charge on any atom is 0.204 e. The molecule has 2 aromatic rings. The molecule has 1 atom stereocenters. The first-order valence-corrected chi connectivity index (χ1v) is 8.92. The topological polar surface area (TPSA) is 71.6 Å². The minimum Gasteiger partial charge on any atom is -0.290 e. The molecule has 2 aromatic heterocycles. The Morgan fingerprint density at radius 2 is 2.17 bits per heavy atom. The predicted octanol–water partition coefficient (Wildman–Crippen LogP) is 4.07. The highest BCUT2D eigenvalue weighted by molar-refractivity contribution is 7.10. The van der Waals surface area contributed by atoms with E-state index >= 15 is 0 Å². The Hall–Kier alpha value is -2.00. The molecule has 0 amide bonds. The Balaban J connectivity index is 1.88. The maximum atomic E-state index is 12.9. The van der Waals surface area contributed by atoms with Crippen LogP contribution in [0.3, 0.4) is 0 Å². The number of nitrogens with zero attached hydrogens (tertiary/aromatic N) is 4. The van der Waals surface area contributed by atoms with Crippen LogP contribution in [0.5, 0.6) is 0 Å². The van der Waals surface area contributed by atoms with Gasteiger partial charge in [-0.15, -0.1) is 11.3 Å². The summed E-state index contributed by atoms with van der Waals surface area (Å²) in [6, 6.07) is 4.14. The van der Waals surface area contributed by atoms with Gasteiger partial charge in [-0.05, 0) is 24.8 Å². The van der Waals surface area contributed by atoms with Crippen LogP contribution in [0.1, 0.15) is 78.6 Å². The normalized spacial score (nSPS) is 16.6. The Labute approximate surface area is 140 Å². The van der Waals surface area contributed by atoms with Crippen LogP contribution in [0.4, 0.5) is 0 Å². The molecule has 0 aromatic carbocycles. The van der Waals surface area contributed by atoms with E-state index in [0.29, 0.717) is 16.6 Å². The van der Waals surface area contributed by atoms with Gasteiger partial charge < -0.3 is 0 Å². The number of carbonyl (C=O) groups excluding carboxylic acids is 1. The maximum absolute atomic E-state index is 12.9. The number of aromatic nitrogens is 3. The third-order valence-corrected chi connectivity index (χ3v) is 5.29. The minimum atomic E-state index is -0.843. The third kappa shape index (κ3) is 3.06. The van der Waals surface area contributed by atoms with Crippen molar-refractivity contribution in [1.82, 2.24) is 14.8 Å². The number of nitriles is 1. The molecule has 0 radical (unpaired) electrons. The second-order valence-electron chi connectivity index (χ2n) is 6.29. The molecule has 3 rings (SSSR count). The first-order chi connectivity index (χ1) is 11.1. The number of Topliss-reactive ketones (excluding diaryl/α,β-unsaturated/α-hetero) is 1. The SMILES string of the molecule is CC(C)c1csc(C(C#N)C(=O)c2ccnn2C2CCCC2)n1. The van der Waals surface area contributed by atoms with Crippen molar-refractivity contribution < 1.29 is 4.79 Å². The van der Waals surface area contributed by atoms with Crippen LogP contribution in [0.2, 0.25) is 0 Å². The quantitative estimate of drug-likeness (QED) is 0.776. The summed E-state index contributed by atoms with van der Waals surface area (Å²) >= 11 is 1.39. The van der Waals surface area contributed by atoms with Gasteiger partial charge in [0.05, 0.1) is 17.8 Å². The molecule has 0 aliphatic heterocycles. The molecule has 23 heavy (non-hydrogen) atoms. The third-order valence-electron chi connectivity index (χ3n) is 4.36. The van der Waals surface area contributed by atoms with E-state index in [9.17, 15) is 10.1 Å². The predicted molar refractivity (Wildman–Crippen MR) is 88.6 cm³/mol. The summed E-state index contributed by atoms with van der Waals surface area (Å²) in [4.78, 5) is 17.4. The molecular weight excluding hydrogens is 308 g/mol. The summed E-state index contributed by atoms with van der Waals surface area (Å²) in [5.41, 5.74) is 1.46. The zero-order valence-electron chi connectivity index (χ0n) is 13.4. The summed E-state index contributed by atoms with van der Waals surface area (Å²) in [5.74, 6) is -0.746. The van der Waals surface area contributed by atoms with Crippen LogP contribution in [-0.4, -0.2) is 20.5 Å². The standard InChI is InChI=1S/C17H20N4OS/c1-11(2)14-10-23-17(20-14)13(9-18)16(22)15-7-8-19-21(15)12-5-3-4-6-12/h7-8,10-13H,3-6H2,1-2H3. The van der Waals surface area contributed by atoms with Crippen LogP contribution in [0, 0.1) is 11.3 Å². The first kappa shape index (κ1) is 15.9. The molecule has 120 valence electrons. The van der Waals surface area contributed by atoms with Gasteiger partial charge in [0.15, 0.2) is 5.92 Å². The van der Waals surface area contributed by atoms with E-state index in [-0.39, 0.29) is 11.8 Å². The fourth-order valence-corrected chi connectivity index (χ4v) is 4.04. The second-order valence-corrected chi connectivity index (χ2v) is 7.18. The van der Waals surface area contributed by atoms with E-state index in [1.54, 1.807) is 12.3 Å². The lowest BCUT2D eigenvalue weighted by molar-refractivity contribution is 0.0965. The van der Waals surface area contributed by atoms with E-state index in [0.717, 1.165) is 18.5 Å². The molecule has 1 aliphatic carbocycles. The van der Waals surface area contributed by atoms with Gasteiger partial charge in [0.1, 0.15) is 10.7 Å².